The van der Waals surface area contributed by atoms with E-state index in [1.54, 1.807) is 23.0 Å². The molecule has 0 atom stereocenters. The molecule has 0 aliphatic carbocycles. The van der Waals surface area contributed by atoms with Crippen LogP contribution in [-0.4, -0.2) is 31.2 Å². The van der Waals surface area contributed by atoms with Gasteiger partial charge in [-0.05, 0) is 29.8 Å². The first-order valence-electron chi connectivity index (χ1n) is 7.93. The molecule has 0 spiro atoms. The Morgan fingerprint density at radius 3 is 2.96 bits per heavy atom. The van der Waals surface area contributed by atoms with E-state index in [0.717, 1.165) is 10.9 Å². The van der Waals surface area contributed by atoms with E-state index in [9.17, 15) is 9.18 Å². The Kier molecular flexibility index (Phi) is 4.49. The van der Waals surface area contributed by atoms with Crippen molar-refractivity contribution in [1.82, 2.24) is 24.9 Å². The second-order valence-corrected chi connectivity index (χ2v) is 6.56. The summed E-state index contributed by atoms with van der Waals surface area (Å²) >= 11 is 1.24. The highest BCUT2D eigenvalue weighted by Crippen LogP contribution is 2.19. The monoisotopic (exact) mass is 367 g/mol. The number of amides is 1. The van der Waals surface area contributed by atoms with Crippen LogP contribution in [0.3, 0.4) is 0 Å². The van der Waals surface area contributed by atoms with E-state index in [-0.39, 0.29) is 24.0 Å². The molecule has 1 N–H and O–H groups in total. The number of fused-ring (bicyclic) bond motifs is 3. The first kappa shape index (κ1) is 16.5. The summed E-state index contributed by atoms with van der Waals surface area (Å²) in [5.41, 5.74) is 2.27. The van der Waals surface area contributed by atoms with E-state index in [2.05, 4.69) is 20.4 Å². The molecule has 1 amide bonds. The van der Waals surface area contributed by atoms with Gasteiger partial charge >= 0.3 is 0 Å². The van der Waals surface area contributed by atoms with E-state index in [1.165, 1.54) is 23.9 Å². The minimum Gasteiger partial charge on any atom is -0.351 e. The van der Waals surface area contributed by atoms with Gasteiger partial charge < -0.3 is 5.32 Å². The van der Waals surface area contributed by atoms with Crippen LogP contribution in [0.25, 0.3) is 16.6 Å². The highest BCUT2D eigenvalue weighted by atomic mass is 32.2. The van der Waals surface area contributed by atoms with Crippen LogP contribution < -0.4 is 5.32 Å². The van der Waals surface area contributed by atoms with Crippen molar-refractivity contribution >= 4 is 34.2 Å². The number of nitrogens with zero attached hydrogens (tertiary/aromatic N) is 4. The van der Waals surface area contributed by atoms with Crippen molar-refractivity contribution < 1.29 is 9.18 Å². The highest BCUT2D eigenvalue weighted by molar-refractivity contribution is 7.99. The van der Waals surface area contributed by atoms with Crippen molar-refractivity contribution in [2.75, 3.05) is 5.75 Å². The molecule has 0 aliphatic rings. The summed E-state index contributed by atoms with van der Waals surface area (Å²) in [6.45, 7) is 0.282. The van der Waals surface area contributed by atoms with Crippen molar-refractivity contribution in [2.45, 2.75) is 11.7 Å². The molecule has 6 nitrogen and oxygen atoms in total. The second-order valence-electron chi connectivity index (χ2n) is 5.62. The number of carbonyl (C=O) groups excluding carboxylic acids is 1. The van der Waals surface area contributed by atoms with E-state index in [4.69, 9.17) is 0 Å². The van der Waals surface area contributed by atoms with Gasteiger partial charge in [-0.1, -0.05) is 36.0 Å². The Hall–Kier alpha value is -3.00. The van der Waals surface area contributed by atoms with Crippen LogP contribution in [0.5, 0.6) is 0 Å². The summed E-state index contributed by atoms with van der Waals surface area (Å²) in [5.74, 6) is -0.306. The van der Waals surface area contributed by atoms with E-state index in [1.807, 2.05) is 24.3 Å². The van der Waals surface area contributed by atoms with Gasteiger partial charge in [-0.15, -0.1) is 5.10 Å². The molecule has 4 rings (SSSR count). The zero-order valence-electron chi connectivity index (χ0n) is 13.6. The smallest absolute Gasteiger partial charge is 0.230 e. The Balaban J connectivity index is 1.41. The van der Waals surface area contributed by atoms with Gasteiger partial charge in [-0.3, -0.25) is 4.79 Å². The SMILES string of the molecule is O=C(CSc1nc2c3ccccc3ncn2n1)NCc1cccc(F)c1. The molecule has 2 aromatic carbocycles. The maximum Gasteiger partial charge on any atom is 0.230 e. The van der Waals surface area contributed by atoms with Gasteiger partial charge in [0, 0.05) is 11.9 Å². The fraction of sp³-hybridized carbons (Fsp3) is 0.111. The summed E-state index contributed by atoms with van der Waals surface area (Å²) in [4.78, 5) is 20.8. The predicted octanol–water partition coefficient (Wildman–Crippen LogP) is 2.83. The molecule has 0 radical (unpaired) electrons. The number of benzene rings is 2. The largest absolute Gasteiger partial charge is 0.351 e. The summed E-state index contributed by atoms with van der Waals surface area (Å²) in [7, 11) is 0. The fourth-order valence-electron chi connectivity index (χ4n) is 2.55. The van der Waals surface area contributed by atoms with Crippen LogP contribution in [0.15, 0.2) is 60.0 Å². The molecule has 0 bridgehead atoms. The number of carbonyl (C=O) groups is 1. The van der Waals surface area contributed by atoms with Crippen LogP contribution in [0.1, 0.15) is 5.56 Å². The number of nitrogens with one attached hydrogen (secondary N) is 1. The zero-order chi connectivity index (χ0) is 17.9. The number of halogens is 1. The number of thioether (sulfide) groups is 1. The molecule has 0 fully saturated rings. The van der Waals surface area contributed by atoms with Crippen LogP contribution in [0.2, 0.25) is 0 Å². The van der Waals surface area contributed by atoms with Gasteiger partial charge in [0.2, 0.25) is 11.1 Å². The van der Waals surface area contributed by atoms with Gasteiger partial charge in [0.1, 0.15) is 12.1 Å². The molecule has 2 aromatic heterocycles. The summed E-state index contributed by atoms with van der Waals surface area (Å²) in [6, 6.07) is 13.8. The van der Waals surface area contributed by atoms with Gasteiger partial charge in [0.05, 0.1) is 11.3 Å². The third kappa shape index (κ3) is 3.50. The van der Waals surface area contributed by atoms with Crippen molar-refractivity contribution in [1.29, 1.82) is 0 Å². The Morgan fingerprint density at radius 2 is 2.08 bits per heavy atom. The standard InChI is InChI=1S/C18H14FN5OS/c19-13-5-3-4-12(8-13)9-20-16(25)10-26-18-22-17-14-6-1-2-7-15(14)21-11-24(17)23-18/h1-8,11H,9-10H2,(H,20,25). The fourth-order valence-corrected chi connectivity index (χ4v) is 3.21. The Morgan fingerprint density at radius 1 is 1.19 bits per heavy atom. The lowest BCUT2D eigenvalue weighted by molar-refractivity contribution is -0.118. The van der Waals surface area contributed by atoms with Crippen LogP contribution >= 0.6 is 11.8 Å². The van der Waals surface area contributed by atoms with Gasteiger partial charge in [0.15, 0.2) is 5.65 Å². The van der Waals surface area contributed by atoms with Crippen LogP contribution in [-0.2, 0) is 11.3 Å². The quantitative estimate of drug-likeness (QED) is 0.549. The average Bonchev–Trinajstić information content (AvgIpc) is 3.08. The molecule has 4 aromatic rings. The first-order valence-corrected chi connectivity index (χ1v) is 8.92. The summed E-state index contributed by atoms with van der Waals surface area (Å²) in [5, 5.41) is 8.51. The van der Waals surface area contributed by atoms with Crippen LogP contribution in [0.4, 0.5) is 4.39 Å². The normalized spacial score (nSPS) is 11.1. The molecule has 26 heavy (non-hydrogen) atoms. The molecule has 0 unspecified atom stereocenters. The first-order chi connectivity index (χ1) is 12.7. The lowest BCUT2D eigenvalue weighted by atomic mass is 10.2. The van der Waals surface area contributed by atoms with E-state index >= 15 is 0 Å². The van der Waals surface area contributed by atoms with Crippen molar-refractivity contribution in [2.24, 2.45) is 0 Å². The Bertz CT molecular complexity index is 1100. The second kappa shape index (κ2) is 7.09. The third-order valence-corrected chi connectivity index (χ3v) is 4.61. The van der Waals surface area contributed by atoms with Crippen molar-refractivity contribution in [3.8, 4) is 0 Å². The van der Waals surface area contributed by atoms with Crippen LogP contribution in [0, 0.1) is 5.82 Å². The molecule has 0 aliphatic heterocycles. The number of aromatic nitrogens is 4. The maximum atomic E-state index is 13.1. The minimum atomic E-state index is -0.319. The van der Waals surface area contributed by atoms with E-state index < -0.39 is 0 Å². The zero-order valence-corrected chi connectivity index (χ0v) is 14.4. The van der Waals surface area contributed by atoms with Crippen molar-refractivity contribution in [3.05, 3.63) is 66.2 Å². The Labute approximate surface area is 152 Å². The van der Waals surface area contributed by atoms with E-state index in [0.29, 0.717) is 16.4 Å². The van der Waals surface area contributed by atoms with Gasteiger partial charge in [-0.25, -0.2) is 18.9 Å². The lowest BCUT2D eigenvalue weighted by Gasteiger charge is -2.04. The van der Waals surface area contributed by atoms with Crippen molar-refractivity contribution in [3.63, 3.8) is 0 Å². The molecule has 0 saturated heterocycles. The number of rotatable bonds is 5. The molecule has 130 valence electrons. The summed E-state index contributed by atoms with van der Waals surface area (Å²) < 4.78 is 14.7. The molecular formula is C18H14FN5OS. The molecule has 8 heteroatoms. The summed E-state index contributed by atoms with van der Waals surface area (Å²) in [6.07, 6.45) is 1.61. The predicted molar refractivity (Wildman–Crippen MR) is 97.3 cm³/mol. The topological polar surface area (TPSA) is 72.2 Å². The molecule has 2 heterocycles. The molecule has 0 saturated carbocycles. The van der Waals surface area contributed by atoms with Gasteiger partial charge in [-0.2, -0.15) is 0 Å². The highest BCUT2D eigenvalue weighted by Gasteiger charge is 2.10. The maximum absolute atomic E-state index is 13.1. The number of para-hydroxylation sites is 1. The van der Waals surface area contributed by atoms with Gasteiger partial charge in [0.25, 0.3) is 0 Å². The molecular weight excluding hydrogens is 353 g/mol. The number of hydrogen-bond acceptors (Lipinski definition) is 5. The average molecular weight is 367 g/mol. The number of hydrogen-bond donors (Lipinski definition) is 1. The lowest BCUT2D eigenvalue weighted by Crippen LogP contribution is -2.24. The third-order valence-electron chi connectivity index (χ3n) is 3.77. The minimum absolute atomic E-state index is 0.166.